The Balaban J connectivity index is 1.57. The standard InChI is InChI=1S/C22H29N5O5S/c1-13-21(14(2)32-26-13)15-4-5-17(23-16-8-10-27(11-9-16)33(3,30)31)19(12-15)25-22(29)18-6-7-20(28)24-18/h4-5,12,16,18,23H,6-11H2,1-3H3,(H,24,28)(H,25,29). The normalized spacial score (nSPS) is 20.0. The zero-order chi connectivity index (χ0) is 23.8. The molecule has 2 fully saturated rings. The minimum atomic E-state index is -3.20. The van der Waals surface area contributed by atoms with Gasteiger partial charge < -0.3 is 20.5 Å². The average Bonchev–Trinajstić information content (AvgIpc) is 3.34. The lowest BCUT2D eigenvalue weighted by Gasteiger charge is -2.31. The number of benzene rings is 1. The van der Waals surface area contributed by atoms with Crippen LogP contribution in [0.2, 0.25) is 0 Å². The van der Waals surface area contributed by atoms with Gasteiger partial charge in [0.2, 0.25) is 21.8 Å². The summed E-state index contributed by atoms with van der Waals surface area (Å²) in [5, 5.41) is 13.1. The fraction of sp³-hybridized carbons (Fsp3) is 0.500. The number of nitrogens with one attached hydrogen (secondary N) is 3. The van der Waals surface area contributed by atoms with E-state index in [0.29, 0.717) is 50.2 Å². The van der Waals surface area contributed by atoms with Crippen molar-refractivity contribution in [1.29, 1.82) is 0 Å². The van der Waals surface area contributed by atoms with Gasteiger partial charge in [0, 0.05) is 31.1 Å². The second-order valence-electron chi connectivity index (χ2n) is 8.69. The van der Waals surface area contributed by atoms with Gasteiger partial charge in [-0.05, 0) is 50.8 Å². The predicted octanol–water partition coefficient (Wildman–Crippen LogP) is 2.01. The quantitative estimate of drug-likeness (QED) is 0.582. The summed E-state index contributed by atoms with van der Waals surface area (Å²) in [5.74, 6) is 0.281. The number of amides is 2. The van der Waals surface area contributed by atoms with Crippen molar-refractivity contribution in [2.75, 3.05) is 30.0 Å². The van der Waals surface area contributed by atoms with E-state index in [9.17, 15) is 18.0 Å². The van der Waals surface area contributed by atoms with Gasteiger partial charge in [0.1, 0.15) is 11.8 Å². The number of anilines is 2. The van der Waals surface area contributed by atoms with Crippen molar-refractivity contribution in [3.63, 3.8) is 0 Å². The number of hydrogen-bond acceptors (Lipinski definition) is 7. The number of nitrogens with zero attached hydrogens (tertiary/aromatic N) is 2. The van der Waals surface area contributed by atoms with Gasteiger partial charge in [-0.25, -0.2) is 12.7 Å². The second-order valence-corrected chi connectivity index (χ2v) is 10.7. The molecule has 0 aliphatic carbocycles. The van der Waals surface area contributed by atoms with Crippen molar-refractivity contribution in [3.05, 3.63) is 29.7 Å². The number of aryl methyl sites for hydroxylation is 2. The molecule has 10 nitrogen and oxygen atoms in total. The largest absolute Gasteiger partial charge is 0.381 e. The molecule has 2 aliphatic heterocycles. The minimum absolute atomic E-state index is 0.0646. The van der Waals surface area contributed by atoms with Crippen LogP contribution in [-0.4, -0.2) is 61.1 Å². The topological polar surface area (TPSA) is 134 Å². The van der Waals surface area contributed by atoms with Gasteiger partial charge in [0.25, 0.3) is 0 Å². The summed E-state index contributed by atoms with van der Waals surface area (Å²) in [6, 6.07) is 5.20. The molecule has 2 aliphatic rings. The second kappa shape index (κ2) is 9.14. The number of rotatable bonds is 6. The lowest BCUT2D eigenvalue weighted by molar-refractivity contribution is -0.122. The first-order valence-corrected chi connectivity index (χ1v) is 12.9. The Morgan fingerprint density at radius 2 is 1.91 bits per heavy atom. The molecule has 0 bridgehead atoms. The highest BCUT2D eigenvalue weighted by Crippen LogP contribution is 2.34. The van der Waals surface area contributed by atoms with Crippen LogP contribution in [0, 0.1) is 13.8 Å². The molecule has 33 heavy (non-hydrogen) atoms. The SMILES string of the molecule is Cc1noc(C)c1-c1ccc(NC2CCN(S(C)(=O)=O)CC2)c(NC(=O)C2CCC(=O)N2)c1. The summed E-state index contributed by atoms with van der Waals surface area (Å²) in [4.78, 5) is 24.4. The molecule has 1 aromatic heterocycles. The number of sulfonamides is 1. The molecule has 1 unspecified atom stereocenters. The van der Waals surface area contributed by atoms with E-state index in [4.69, 9.17) is 4.52 Å². The predicted molar refractivity (Wildman–Crippen MR) is 124 cm³/mol. The van der Waals surface area contributed by atoms with Gasteiger partial charge in [0.15, 0.2) is 0 Å². The number of carbonyl (C=O) groups excluding carboxylic acids is 2. The van der Waals surface area contributed by atoms with Crippen LogP contribution in [-0.2, 0) is 19.6 Å². The Hall–Kier alpha value is -2.92. The van der Waals surface area contributed by atoms with Crippen molar-refractivity contribution in [2.24, 2.45) is 0 Å². The molecule has 0 spiro atoms. The number of hydrogen-bond donors (Lipinski definition) is 3. The molecular formula is C22H29N5O5S. The molecular weight excluding hydrogens is 446 g/mol. The maximum absolute atomic E-state index is 12.8. The van der Waals surface area contributed by atoms with Crippen LogP contribution in [0.3, 0.4) is 0 Å². The van der Waals surface area contributed by atoms with Gasteiger partial charge in [0.05, 0.1) is 23.3 Å². The third-order valence-electron chi connectivity index (χ3n) is 6.19. The third kappa shape index (κ3) is 5.19. The molecule has 178 valence electrons. The summed E-state index contributed by atoms with van der Waals surface area (Å²) in [5.41, 5.74) is 3.80. The summed E-state index contributed by atoms with van der Waals surface area (Å²) >= 11 is 0. The summed E-state index contributed by atoms with van der Waals surface area (Å²) in [6.45, 7) is 4.59. The van der Waals surface area contributed by atoms with Crippen molar-refractivity contribution in [1.82, 2.24) is 14.8 Å². The fourth-order valence-electron chi connectivity index (χ4n) is 4.41. The summed E-state index contributed by atoms with van der Waals surface area (Å²) < 4.78 is 30.4. The number of piperidine rings is 1. The Morgan fingerprint density at radius 1 is 1.18 bits per heavy atom. The van der Waals surface area contributed by atoms with Crippen molar-refractivity contribution < 1.29 is 22.5 Å². The van der Waals surface area contributed by atoms with Crippen LogP contribution in [0.4, 0.5) is 11.4 Å². The molecule has 4 rings (SSSR count). The van der Waals surface area contributed by atoms with E-state index in [1.165, 1.54) is 10.6 Å². The Bertz CT molecular complexity index is 1150. The van der Waals surface area contributed by atoms with E-state index in [1.807, 2.05) is 32.0 Å². The summed E-state index contributed by atoms with van der Waals surface area (Å²) in [6.07, 6.45) is 3.33. The highest BCUT2D eigenvalue weighted by atomic mass is 32.2. The van der Waals surface area contributed by atoms with Crippen molar-refractivity contribution >= 4 is 33.2 Å². The average molecular weight is 476 g/mol. The lowest BCUT2D eigenvalue weighted by Crippen LogP contribution is -2.42. The molecule has 1 atom stereocenters. The lowest BCUT2D eigenvalue weighted by atomic mass is 10.0. The van der Waals surface area contributed by atoms with Crippen molar-refractivity contribution in [3.8, 4) is 11.1 Å². The molecule has 2 saturated heterocycles. The Kier molecular flexibility index (Phi) is 6.44. The van der Waals surface area contributed by atoms with Crippen LogP contribution in [0.1, 0.15) is 37.1 Å². The Morgan fingerprint density at radius 3 is 2.48 bits per heavy atom. The monoisotopic (exact) mass is 475 g/mol. The van der Waals surface area contributed by atoms with E-state index >= 15 is 0 Å². The first-order chi connectivity index (χ1) is 15.6. The number of aromatic nitrogens is 1. The van der Waals surface area contributed by atoms with E-state index in [1.54, 1.807) is 0 Å². The molecule has 1 aromatic carbocycles. The molecule has 2 amide bonds. The van der Waals surface area contributed by atoms with E-state index < -0.39 is 16.1 Å². The molecule has 3 N–H and O–H groups in total. The van der Waals surface area contributed by atoms with Crippen LogP contribution < -0.4 is 16.0 Å². The third-order valence-corrected chi connectivity index (χ3v) is 7.50. The molecule has 3 heterocycles. The Labute approximate surface area is 193 Å². The van der Waals surface area contributed by atoms with Crippen LogP contribution in [0.5, 0.6) is 0 Å². The van der Waals surface area contributed by atoms with Gasteiger partial charge in [-0.1, -0.05) is 11.2 Å². The molecule has 0 radical (unpaired) electrons. The molecule has 2 aromatic rings. The first-order valence-electron chi connectivity index (χ1n) is 11.0. The van der Waals surface area contributed by atoms with Gasteiger partial charge in [-0.2, -0.15) is 0 Å². The minimum Gasteiger partial charge on any atom is -0.381 e. The van der Waals surface area contributed by atoms with E-state index in [0.717, 1.165) is 22.5 Å². The zero-order valence-electron chi connectivity index (χ0n) is 19.0. The first kappa shape index (κ1) is 23.2. The summed E-state index contributed by atoms with van der Waals surface area (Å²) in [7, 11) is -3.20. The number of carbonyl (C=O) groups is 2. The van der Waals surface area contributed by atoms with Crippen LogP contribution in [0.15, 0.2) is 22.7 Å². The van der Waals surface area contributed by atoms with Gasteiger partial charge in [-0.15, -0.1) is 0 Å². The highest BCUT2D eigenvalue weighted by molar-refractivity contribution is 7.88. The smallest absolute Gasteiger partial charge is 0.247 e. The highest BCUT2D eigenvalue weighted by Gasteiger charge is 2.29. The molecule has 0 saturated carbocycles. The van der Waals surface area contributed by atoms with Gasteiger partial charge in [-0.3, -0.25) is 9.59 Å². The van der Waals surface area contributed by atoms with Crippen LogP contribution >= 0.6 is 0 Å². The zero-order valence-corrected chi connectivity index (χ0v) is 19.8. The maximum atomic E-state index is 12.8. The maximum Gasteiger partial charge on any atom is 0.247 e. The van der Waals surface area contributed by atoms with Crippen LogP contribution in [0.25, 0.3) is 11.1 Å². The van der Waals surface area contributed by atoms with Gasteiger partial charge >= 0.3 is 0 Å². The molecule has 11 heteroatoms. The fourth-order valence-corrected chi connectivity index (χ4v) is 5.28. The van der Waals surface area contributed by atoms with E-state index in [-0.39, 0.29) is 17.9 Å². The van der Waals surface area contributed by atoms with Crippen molar-refractivity contribution in [2.45, 2.75) is 51.6 Å². The van der Waals surface area contributed by atoms with E-state index in [2.05, 4.69) is 21.1 Å².